The topological polar surface area (TPSA) is 0 Å². The van der Waals surface area contributed by atoms with Crippen LogP contribution in [0, 0.1) is 88.3 Å². The molecule has 124 valence electrons. The van der Waals surface area contributed by atoms with Crippen LogP contribution in [0.5, 0.6) is 0 Å². The predicted octanol–water partition coefficient (Wildman–Crippen LogP) is 5.09. The Morgan fingerprint density at radius 2 is 1.35 bits per heavy atom. The molecule has 15 atom stereocenters. The summed E-state index contributed by atoms with van der Waals surface area (Å²) in [4.78, 5) is 0. The Morgan fingerprint density at radius 3 is 2.13 bits per heavy atom. The first-order valence-electron chi connectivity index (χ1n) is 11.2. The standard InChI is InChI=1S/C23H32/c1-9-3-6-15-16-13-7-14(21-22(16)23(15,21)8-9)20-18-12-5-4-11(10(12)2)17(18)19(13)20/h9-22H,3-8H2,1-2H3. The van der Waals surface area contributed by atoms with E-state index in [1.807, 2.05) is 0 Å². The second kappa shape index (κ2) is 3.33. The van der Waals surface area contributed by atoms with Crippen molar-refractivity contribution in [2.75, 3.05) is 0 Å². The molecule has 0 aromatic rings. The lowest BCUT2D eigenvalue weighted by Gasteiger charge is -2.59. The Bertz CT molecular complexity index is 622. The number of hydrogen-bond acceptors (Lipinski definition) is 0. The first-order valence-corrected chi connectivity index (χ1v) is 11.2. The highest BCUT2D eigenvalue weighted by atomic mass is 14.9. The van der Waals surface area contributed by atoms with Crippen LogP contribution in [0.4, 0.5) is 0 Å². The Balaban J connectivity index is 1.22. The van der Waals surface area contributed by atoms with Crippen LogP contribution in [0.2, 0.25) is 0 Å². The lowest BCUT2D eigenvalue weighted by molar-refractivity contribution is -0.123. The molecule has 8 aliphatic carbocycles. The molecule has 0 aliphatic heterocycles. The molecule has 8 rings (SSSR count). The highest BCUT2D eigenvalue weighted by molar-refractivity contribution is 5.36. The van der Waals surface area contributed by atoms with Crippen molar-refractivity contribution in [3.63, 3.8) is 0 Å². The van der Waals surface area contributed by atoms with Crippen molar-refractivity contribution in [2.24, 2.45) is 88.3 Å². The molecule has 0 saturated heterocycles. The molecule has 0 N–H and O–H groups in total. The van der Waals surface area contributed by atoms with E-state index in [2.05, 4.69) is 13.8 Å². The normalized spacial score (nSPS) is 80.6. The Labute approximate surface area is 141 Å². The highest BCUT2D eigenvalue weighted by Gasteiger charge is 2.89. The van der Waals surface area contributed by atoms with Gasteiger partial charge in [0.25, 0.3) is 0 Å². The minimum atomic E-state index is 0.945. The van der Waals surface area contributed by atoms with Gasteiger partial charge in [0.2, 0.25) is 0 Å². The molecule has 8 aliphatic rings. The van der Waals surface area contributed by atoms with E-state index in [9.17, 15) is 0 Å². The summed E-state index contributed by atoms with van der Waals surface area (Å²) < 4.78 is 0. The van der Waals surface area contributed by atoms with E-state index in [-0.39, 0.29) is 0 Å². The molecule has 8 saturated carbocycles. The maximum Gasteiger partial charge on any atom is -0.0196 e. The van der Waals surface area contributed by atoms with Gasteiger partial charge in [-0.1, -0.05) is 20.3 Å². The van der Waals surface area contributed by atoms with Gasteiger partial charge in [0.05, 0.1) is 0 Å². The van der Waals surface area contributed by atoms with Crippen LogP contribution in [0.15, 0.2) is 0 Å². The van der Waals surface area contributed by atoms with Crippen molar-refractivity contribution in [3.8, 4) is 0 Å². The second-order valence-corrected chi connectivity index (χ2v) is 11.9. The van der Waals surface area contributed by atoms with Gasteiger partial charge in [-0.2, -0.15) is 0 Å². The molecule has 4 bridgehead atoms. The third kappa shape index (κ3) is 0.975. The molecular weight excluding hydrogens is 276 g/mol. The fourth-order valence-electron chi connectivity index (χ4n) is 12.3. The summed E-state index contributed by atoms with van der Waals surface area (Å²) in [6.45, 7) is 5.22. The highest BCUT2D eigenvalue weighted by Crippen LogP contribution is 2.94. The zero-order valence-electron chi connectivity index (χ0n) is 14.8. The third-order valence-corrected chi connectivity index (χ3v) is 12.2. The molecule has 0 nitrogen and oxygen atoms in total. The molecule has 23 heavy (non-hydrogen) atoms. The Morgan fingerprint density at radius 1 is 0.652 bits per heavy atom. The van der Waals surface area contributed by atoms with Crippen LogP contribution in [0.3, 0.4) is 0 Å². The Hall–Kier alpha value is 0. The smallest absolute Gasteiger partial charge is 0.0196 e. The van der Waals surface area contributed by atoms with Gasteiger partial charge in [-0.05, 0) is 120 Å². The van der Waals surface area contributed by atoms with E-state index in [0.29, 0.717) is 0 Å². The summed E-state index contributed by atoms with van der Waals surface area (Å²) >= 11 is 0. The van der Waals surface area contributed by atoms with Crippen LogP contribution in [0.25, 0.3) is 0 Å². The van der Waals surface area contributed by atoms with Gasteiger partial charge >= 0.3 is 0 Å². The quantitative estimate of drug-likeness (QED) is 0.585. The number of rotatable bonds is 0. The minimum absolute atomic E-state index is 0.945. The van der Waals surface area contributed by atoms with Crippen molar-refractivity contribution in [1.29, 1.82) is 0 Å². The largest absolute Gasteiger partial charge is 0.0625 e. The SMILES string of the molecule is CC1CCC2C3C4CC(C5C6C7CCC(C7C)C6C45)C4C3C24C1. The van der Waals surface area contributed by atoms with Crippen molar-refractivity contribution in [3.05, 3.63) is 0 Å². The van der Waals surface area contributed by atoms with Crippen LogP contribution in [0.1, 0.15) is 52.4 Å². The average molecular weight is 309 g/mol. The zero-order valence-corrected chi connectivity index (χ0v) is 14.8. The molecule has 0 heteroatoms. The number of hydrogen-bond donors (Lipinski definition) is 0. The minimum Gasteiger partial charge on any atom is -0.0625 e. The van der Waals surface area contributed by atoms with Crippen molar-refractivity contribution in [2.45, 2.75) is 52.4 Å². The van der Waals surface area contributed by atoms with E-state index in [1.165, 1.54) is 71.0 Å². The van der Waals surface area contributed by atoms with Gasteiger partial charge in [-0.25, -0.2) is 0 Å². The van der Waals surface area contributed by atoms with E-state index in [4.69, 9.17) is 0 Å². The molecule has 0 aromatic heterocycles. The molecular formula is C23H32. The summed E-state index contributed by atoms with van der Waals surface area (Å²) in [6.07, 6.45) is 9.82. The van der Waals surface area contributed by atoms with Gasteiger partial charge in [-0.15, -0.1) is 0 Å². The van der Waals surface area contributed by atoms with Gasteiger partial charge < -0.3 is 0 Å². The third-order valence-electron chi connectivity index (χ3n) is 12.2. The van der Waals surface area contributed by atoms with Gasteiger partial charge in [0.15, 0.2) is 0 Å². The van der Waals surface area contributed by atoms with Gasteiger partial charge in [0, 0.05) is 0 Å². The van der Waals surface area contributed by atoms with Crippen LogP contribution < -0.4 is 0 Å². The average Bonchev–Trinajstić information content (AvgIpc) is 2.74. The lowest BCUT2D eigenvalue weighted by Crippen LogP contribution is -2.55. The van der Waals surface area contributed by atoms with E-state index in [0.717, 1.165) is 17.3 Å². The fraction of sp³-hybridized carbons (Fsp3) is 1.00. The molecule has 0 aromatic carbocycles. The first-order chi connectivity index (χ1) is 11.2. The van der Waals surface area contributed by atoms with Crippen molar-refractivity contribution >= 4 is 0 Å². The van der Waals surface area contributed by atoms with Crippen LogP contribution in [-0.4, -0.2) is 0 Å². The molecule has 1 spiro atoms. The summed E-state index contributed by atoms with van der Waals surface area (Å²) in [5.41, 5.74) is 0.945. The van der Waals surface area contributed by atoms with Crippen molar-refractivity contribution < 1.29 is 0 Å². The first kappa shape index (κ1) is 12.4. The molecule has 8 fully saturated rings. The summed E-state index contributed by atoms with van der Waals surface area (Å²) in [6, 6.07) is 0. The summed E-state index contributed by atoms with van der Waals surface area (Å²) in [7, 11) is 0. The van der Waals surface area contributed by atoms with Crippen molar-refractivity contribution in [1.82, 2.24) is 0 Å². The van der Waals surface area contributed by atoms with Gasteiger partial charge in [-0.3, -0.25) is 0 Å². The van der Waals surface area contributed by atoms with Crippen LogP contribution >= 0.6 is 0 Å². The van der Waals surface area contributed by atoms with Gasteiger partial charge in [0.1, 0.15) is 0 Å². The Kier molecular flexibility index (Phi) is 1.79. The van der Waals surface area contributed by atoms with E-state index < -0.39 is 0 Å². The maximum absolute atomic E-state index is 2.64. The number of fused-ring (bicyclic) bond motifs is 8. The summed E-state index contributed by atoms with van der Waals surface area (Å²) in [5.74, 6) is 16.9. The molecule has 0 radical (unpaired) electrons. The van der Waals surface area contributed by atoms with E-state index >= 15 is 0 Å². The second-order valence-electron chi connectivity index (χ2n) is 11.9. The predicted molar refractivity (Wildman–Crippen MR) is 90.3 cm³/mol. The fourth-order valence-corrected chi connectivity index (χ4v) is 12.3. The monoisotopic (exact) mass is 308 g/mol. The lowest BCUT2D eigenvalue weighted by atomic mass is 9.45. The molecule has 15 unspecified atom stereocenters. The van der Waals surface area contributed by atoms with Crippen LogP contribution in [-0.2, 0) is 0 Å². The van der Waals surface area contributed by atoms with E-state index in [1.54, 1.807) is 38.5 Å². The zero-order chi connectivity index (χ0) is 14.8. The molecule has 0 heterocycles. The molecule has 0 amide bonds. The maximum atomic E-state index is 2.64. The summed E-state index contributed by atoms with van der Waals surface area (Å²) in [5, 5.41) is 0.